The van der Waals surface area contributed by atoms with Crippen molar-refractivity contribution in [3.05, 3.63) is 23.8 Å². The Labute approximate surface area is 61.1 Å². The van der Waals surface area contributed by atoms with Crippen molar-refractivity contribution < 1.29 is 13.2 Å². The Kier molecular flexibility index (Phi) is 1.80. The number of nitrogens with zero attached hydrogens (tertiary/aromatic N) is 2. The van der Waals surface area contributed by atoms with E-state index >= 15 is 0 Å². The van der Waals surface area contributed by atoms with E-state index in [2.05, 4.69) is 9.97 Å². The lowest BCUT2D eigenvalue weighted by molar-refractivity contribution is -0.141. The van der Waals surface area contributed by atoms with E-state index in [0.29, 0.717) is 0 Å². The molecule has 0 bridgehead atoms. The van der Waals surface area contributed by atoms with Gasteiger partial charge in [0.2, 0.25) is 0 Å². The van der Waals surface area contributed by atoms with Crippen LogP contribution in [0, 0.1) is 6.92 Å². The number of aryl methyl sites for hydroxylation is 1. The van der Waals surface area contributed by atoms with Crippen molar-refractivity contribution in [3.63, 3.8) is 0 Å². The molecule has 1 aromatic rings. The van der Waals surface area contributed by atoms with Gasteiger partial charge in [-0.3, -0.25) is 4.98 Å². The molecule has 1 heterocycles. The average Bonchev–Trinajstić information content (AvgIpc) is 1.86. The molecule has 0 aromatic carbocycles. The van der Waals surface area contributed by atoms with Gasteiger partial charge in [0.1, 0.15) is 0 Å². The van der Waals surface area contributed by atoms with E-state index < -0.39 is 11.9 Å². The number of rotatable bonds is 0. The third-order valence-electron chi connectivity index (χ3n) is 1.15. The van der Waals surface area contributed by atoms with E-state index in [0.717, 1.165) is 6.20 Å². The Balaban J connectivity index is 3.14. The molecule has 0 saturated carbocycles. The summed E-state index contributed by atoms with van der Waals surface area (Å²) < 4.78 is 35.8. The summed E-state index contributed by atoms with van der Waals surface area (Å²) in [6.45, 7) is 1.27. The summed E-state index contributed by atoms with van der Waals surface area (Å²) in [5, 5.41) is 0. The van der Waals surface area contributed by atoms with Crippen LogP contribution in [0.15, 0.2) is 12.4 Å². The first-order chi connectivity index (χ1) is 5.02. The molecule has 0 aliphatic heterocycles. The quantitative estimate of drug-likeness (QED) is 0.581. The van der Waals surface area contributed by atoms with Crippen molar-refractivity contribution >= 4 is 0 Å². The fourth-order valence-corrected chi connectivity index (χ4v) is 0.686. The third kappa shape index (κ3) is 1.66. The topological polar surface area (TPSA) is 25.8 Å². The lowest BCUT2D eigenvalue weighted by Gasteiger charge is -2.05. The Morgan fingerprint density at radius 1 is 1.18 bits per heavy atom. The van der Waals surface area contributed by atoms with E-state index in [9.17, 15) is 13.2 Å². The van der Waals surface area contributed by atoms with Gasteiger partial charge in [-0.2, -0.15) is 13.2 Å². The smallest absolute Gasteiger partial charge is 0.258 e. The van der Waals surface area contributed by atoms with Crippen LogP contribution in [0.4, 0.5) is 13.2 Å². The summed E-state index contributed by atoms with van der Waals surface area (Å²) in [5.41, 5.74) is -1.01. The lowest BCUT2D eigenvalue weighted by Crippen LogP contribution is -2.10. The second-order valence-electron chi connectivity index (χ2n) is 1.99. The predicted octanol–water partition coefficient (Wildman–Crippen LogP) is 1.80. The van der Waals surface area contributed by atoms with Gasteiger partial charge in [-0.25, -0.2) is 4.98 Å². The first kappa shape index (κ1) is 7.97. The minimum absolute atomic E-state index is 0.0972. The van der Waals surface area contributed by atoms with Crippen molar-refractivity contribution in [3.8, 4) is 0 Å². The number of hydrogen-bond acceptors (Lipinski definition) is 2. The van der Waals surface area contributed by atoms with Crippen LogP contribution in [0.5, 0.6) is 0 Å². The summed E-state index contributed by atoms with van der Waals surface area (Å²) in [5.74, 6) is 0. The molecule has 0 radical (unpaired) electrons. The normalized spacial score (nSPS) is 11.6. The molecule has 60 valence electrons. The maximum absolute atomic E-state index is 11.9. The van der Waals surface area contributed by atoms with Gasteiger partial charge in [0.05, 0.1) is 5.69 Å². The maximum atomic E-state index is 11.9. The summed E-state index contributed by atoms with van der Waals surface area (Å²) in [6, 6.07) is 0. The molecule has 0 unspecified atom stereocenters. The van der Waals surface area contributed by atoms with Crippen LogP contribution < -0.4 is 0 Å². The van der Waals surface area contributed by atoms with Crippen LogP contribution >= 0.6 is 0 Å². The Morgan fingerprint density at radius 2 is 1.73 bits per heavy atom. The summed E-state index contributed by atoms with van der Waals surface area (Å²) >= 11 is 0. The van der Waals surface area contributed by atoms with Crippen molar-refractivity contribution in [2.45, 2.75) is 13.1 Å². The second-order valence-corrected chi connectivity index (χ2v) is 1.99. The van der Waals surface area contributed by atoms with E-state index in [1.54, 1.807) is 0 Å². The molecule has 1 aromatic heterocycles. The molecule has 0 fully saturated rings. The van der Waals surface area contributed by atoms with Crippen LogP contribution in [-0.4, -0.2) is 9.97 Å². The predicted molar refractivity (Wildman–Crippen MR) is 31.8 cm³/mol. The molecule has 1 rings (SSSR count). The monoisotopic (exact) mass is 162 g/mol. The minimum atomic E-state index is -4.39. The first-order valence-corrected chi connectivity index (χ1v) is 2.86. The van der Waals surface area contributed by atoms with Crippen LogP contribution in [0.25, 0.3) is 0 Å². The molecule has 0 N–H and O–H groups in total. The third-order valence-corrected chi connectivity index (χ3v) is 1.15. The fraction of sp³-hybridized carbons (Fsp3) is 0.333. The molecule has 5 heteroatoms. The van der Waals surface area contributed by atoms with E-state index in [-0.39, 0.29) is 5.69 Å². The van der Waals surface area contributed by atoms with Gasteiger partial charge in [0.25, 0.3) is 0 Å². The molecule has 0 aliphatic carbocycles. The van der Waals surface area contributed by atoms with Gasteiger partial charge in [-0.15, -0.1) is 0 Å². The summed E-state index contributed by atoms with van der Waals surface area (Å²) in [7, 11) is 0. The number of hydrogen-bond donors (Lipinski definition) is 0. The van der Waals surface area contributed by atoms with Gasteiger partial charge < -0.3 is 0 Å². The zero-order valence-corrected chi connectivity index (χ0v) is 5.68. The van der Waals surface area contributed by atoms with Crippen LogP contribution in [0.3, 0.4) is 0 Å². The van der Waals surface area contributed by atoms with Crippen LogP contribution in [0.2, 0.25) is 0 Å². The molecule has 2 nitrogen and oxygen atoms in total. The highest BCUT2D eigenvalue weighted by Crippen LogP contribution is 2.28. The van der Waals surface area contributed by atoms with Crippen molar-refractivity contribution in [1.82, 2.24) is 9.97 Å². The highest BCUT2D eigenvalue weighted by atomic mass is 19.4. The van der Waals surface area contributed by atoms with Crippen molar-refractivity contribution in [2.24, 2.45) is 0 Å². The standard InChI is InChI=1S/C6H5F3N2/c1-4-5(6(7,8)9)11-3-2-10-4/h2-3H,1H3. The van der Waals surface area contributed by atoms with E-state index in [4.69, 9.17) is 0 Å². The van der Waals surface area contributed by atoms with Crippen LogP contribution in [-0.2, 0) is 6.18 Å². The molecule has 0 atom stereocenters. The van der Waals surface area contributed by atoms with Gasteiger partial charge in [-0.1, -0.05) is 0 Å². The number of halogens is 3. The average molecular weight is 162 g/mol. The Morgan fingerprint density at radius 3 is 2.09 bits per heavy atom. The number of alkyl halides is 3. The molecule has 0 amide bonds. The van der Waals surface area contributed by atoms with Crippen molar-refractivity contribution in [1.29, 1.82) is 0 Å². The zero-order valence-electron chi connectivity index (χ0n) is 5.68. The fourth-order valence-electron chi connectivity index (χ4n) is 0.686. The lowest BCUT2D eigenvalue weighted by atomic mass is 10.3. The SMILES string of the molecule is Cc1nccnc1C(F)(F)F. The second kappa shape index (κ2) is 2.48. The summed E-state index contributed by atoms with van der Waals surface area (Å²) in [6.07, 6.45) is -2.14. The zero-order chi connectivity index (χ0) is 8.48. The van der Waals surface area contributed by atoms with Crippen molar-refractivity contribution in [2.75, 3.05) is 0 Å². The molecular weight excluding hydrogens is 157 g/mol. The highest BCUT2D eigenvalue weighted by molar-refractivity contribution is 5.11. The molecule has 11 heavy (non-hydrogen) atoms. The first-order valence-electron chi connectivity index (χ1n) is 2.86. The highest BCUT2D eigenvalue weighted by Gasteiger charge is 2.34. The van der Waals surface area contributed by atoms with Gasteiger partial charge >= 0.3 is 6.18 Å². The molecular formula is C6H5F3N2. The molecule has 0 saturated heterocycles. The summed E-state index contributed by atoms with van der Waals surface area (Å²) in [4.78, 5) is 6.63. The van der Waals surface area contributed by atoms with E-state index in [1.807, 2.05) is 0 Å². The Bertz CT molecular complexity index is 256. The molecule has 0 aliphatic rings. The maximum Gasteiger partial charge on any atom is 0.435 e. The van der Waals surface area contributed by atoms with E-state index in [1.165, 1.54) is 13.1 Å². The number of aromatic nitrogens is 2. The largest absolute Gasteiger partial charge is 0.435 e. The minimum Gasteiger partial charge on any atom is -0.258 e. The van der Waals surface area contributed by atoms with Gasteiger partial charge in [-0.05, 0) is 6.92 Å². The van der Waals surface area contributed by atoms with Crippen LogP contribution in [0.1, 0.15) is 11.4 Å². The molecule has 0 spiro atoms. The Hall–Kier alpha value is -1.13. The van der Waals surface area contributed by atoms with Gasteiger partial charge in [0, 0.05) is 12.4 Å². The van der Waals surface area contributed by atoms with Gasteiger partial charge in [0.15, 0.2) is 5.69 Å².